The van der Waals surface area contributed by atoms with Gasteiger partial charge in [0.25, 0.3) is 0 Å². The van der Waals surface area contributed by atoms with Crippen molar-refractivity contribution >= 4 is 5.78 Å². The van der Waals surface area contributed by atoms with Crippen LogP contribution >= 0.6 is 0 Å². The molecule has 1 aliphatic carbocycles. The van der Waals surface area contributed by atoms with Crippen molar-refractivity contribution in [2.45, 2.75) is 25.8 Å². The first kappa shape index (κ1) is 8.29. The van der Waals surface area contributed by atoms with Gasteiger partial charge in [0.2, 0.25) is 5.88 Å². The highest BCUT2D eigenvalue weighted by molar-refractivity contribution is 5.76. The number of hydrogen-bond acceptors (Lipinski definition) is 3. The number of ketones is 1. The number of aromatic nitrogens is 2. The molecule has 0 unspecified atom stereocenters. The Balaban J connectivity index is 1.92. The van der Waals surface area contributed by atoms with Gasteiger partial charge in [-0.2, -0.15) is 0 Å². The minimum absolute atomic E-state index is 0.0148. The molecule has 0 bridgehead atoms. The average Bonchev–Trinajstić information content (AvgIpc) is 2.83. The van der Waals surface area contributed by atoms with Gasteiger partial charge in [-0.1, -0.05) is 0 Å². The Bertz CT molecular complexity index is 315. The van der Waals surface area contributed by atoms with Crippen molar-refractivity contribution < 1.29 is 9.53 Å². The summed E-state index contributed by atoms with van der Waals surface area (Å²) < 4.78 is 7.04. The molecule has 4 nitrogen and oxygen atoms in total. The first-order chi connectivity index (χ1) is 6.25. The Kier molecular flexibility index (Phi) is 2.04. The fourth-order valence-corrected chi connectivity index (χ4v) is 1.12. The molecule has 1 saturated carbocycles. The van der Waals surface area contributed by atoms with Crippen LogP contribution in [0.4, 0.5) is 0 Å². The highest BCUT2D eigenvalue weighted by Crippen LogP contribution is 2.34. The molecule has 0 atom stereocenters. The highest BCUT2D eigenvalue weighted by Gasteiger charge is 2.24. The quantitative estimate of drug-likeness (QED) is 0.699. The fraction of sp³-hybridized carbons (Fsp3) is 0.556. The molecule has 0 radical (unpaired) electrons. The number of hydrogen-bond donors (Lipinski definition) is 0. The van der Waals surface area contributed by atoms with Crippen LogP contribution < -0.4 is 4.74 Å². The zero-order valence-electron chi connectivity index (χ0n) is 7.56. The van der Waals surface area contributed by atoms with Gasteiger partial charge in [0, 0.05) is 12.3 Å². The standard InChI is InChI=1S/C9H12N2O2/c1-7(12)6-13-9-4-5-11(10-9)8-2-3-8/h4-5,8H,2-3,6H2,1H3. The predicted octanol–water partition coefficient (Wildman–Crippen LogP) is 1.19. The summed E-state index contributed by atoms with van der Waals surface area (Å²) in [6, 6.07) is 2.36. The average molecular weight is 180 g/mol. The first-order valence-electron chi connectivity index (χ1n) is 4.43. The maximum Gasteiger partial charge on any atom is 0.233 e. The van der Waals surface area contributed by atoms with E-state index in [1.165, 1.54) is 19.8 Å². The summed E-state index contributed by atoms with van der Waals surface area (Å²) in [5, 5.41) is 4.19. The summed E-state index contributed by atoms with van der Waals surface area (Å²) in [7, 11) is 0. The lowest BCUT2D eigenvalue weighted by atomic mass is 10.5. The normalized spacial score (nSPS) is 15.8. The Labute approximate surface area is 76.5 Å². The van der Waals surface area contributed by atoms with Gasteiger partial charge in [0.05, 0.1) is 6.04 Å². The molecule has 1 aliphatic rings. The van der Waals surface area contributed by atoms with Crippen LogP contribution in [0.25, 0.3) is 0 Å². The van der Waals surface area contributed by atoms with Gasteiger partial charge in [0.1, 0.15) is 6.61 Å². The molecule has 1 aromatic heterocycles. The number of carbonyl (C=O) groups excluding carboxylic acids is 1. The molecule has 13 heavy (non-hydrogen) atoms. The monoisotopic (exact) mass is 180 g/mol. The topological polar surface area (TPSA) is 44.1 Å². The largest absolute Gasteiger partial charge is 0.469 e. The molecule has 1 fully saturated rings. The van der Waals surface area contributed by atoms with Crippen molar-refractivity contribution in [3.05, 3.63) is 12.3 Å². The van der Waals surface area contributed by atoms with Crippen LogP contribution in [0.1, 0.15) is 25.8 Å². The van der Waals surface area contributed by atoms with Crippen LogP contribution in [-0.4, -0.2) is 22.2 Å². The smallest absolute Gasteiger partial charge is 0.233 e. The van der Waals surface area contributed by atoms with E-state index in [-0.39, 0.29) is 12.4 Å². The number of carbonyl (C=O) groups is 1. The molecular weight excluding hydrogens is 168 g/mol. The molecule has 4 heteroatoms. The molecule has 70 valence electrons. The van der Waals surface area contributed by atoms with Crippen molar-refractivity contribution in [1.82, 2.24) is 9.78 Å². The van der Waals surface area contributed by atoms with Gasteiger partial charge in [0.15, 0.2) is 5.78 Å². The second-order valence-electron chi connectivity index (χ2n) is 3.36. The van der Waals surface area contributed by atoms with Crippen molar-refractivity contribution in [3.63, 3.8) is 0 Å². The summed E-state index contributed by atoms with van der Waals surface area (Å²) in [6.07, 6.45) is 4.30. The summed E-state index contributed by atoms with van der Waals surface area (Å²) >= 11 is 0. The molecule has 1 aromatic rings. The van der Waals surface area contributed by atoms with Gasteiger partial charge in [-0.05, 0) is 19.8 Å². The lowest BCUT2D eigenvalue weighted by Crippen LogP contribution is -2.07. The summed E-state index contributed by atoms with van der Waals surface area (Å²) in [5.74, 6) is 0.558. The zero-order valence-corrected chi connectivity index (χ0v) is 7.56. The van der Waals surface area contributed by atoms with E-state index in [4.69, 9.17) is 4.74 Å². The van der Waals surface area contributed by atoms with E-state index < -0.39 is 0 Å². The van der Waals surface area contributed by atoms with Crippen molar-refractivity contribution in [1.29, 1.82) is 0 Å². The molecule has 2 rings (SSSR count). The van der Waals surface area contributed by atoms with Crippen molar-refractivity contribution in [2.24, 2.45) is 0 Å². The zero-order chi connectivity index (χ0) is 9.26. The summed E-state index contributed by atoms with van der Waals surface area (Å²) in [4.78, 5) is 10.6. The third kappa shape index (κ3) is 2.08. The van der Waals surface area contributed by atoms with E-state index in [2.05, 4.69) is 5.10 Å². The van der Waals surface area contributed by atoms with Gasteiger partial charge < -0.3 is 4.74 Å². The van der Waals surface area contributed by atoms with Gasteiger partial charge >= 0.3 is 0 Å². The fourth-order valence-electron chi connectivity index (χ4n) is 1.12. The third-order valence-corrected chi connectivity index (χ3v) is 1.93. The summed E-state index contributed by atoms with van der Waals surface area (Å²) in [5.41, 5.74) is 0. The van der Waals surface area contributed by atoms with E-state index >= 15 is 0 Å². The SMILES string of the molecule is CC(=O)COc1ccn(C2CC2)n1. The van der Waals surface area contributed by atoms with Crippen LogP contribution in [0.3, 0.4) is 0 Å². The number of rotatable bonds is 4. The molecule has 0 saturated heterocycles. The van der Waals surface area contributed by atoms with Crippen LogP contribution in [0.2, 0.25) is 0 Å². The predicted molar refractivity (Wildman–Crippen MR) is 46.7 cm³/mol. The number of nitrogens with zero attached hydrogens (tertiary/aromatic N) is 2. The molecular formula is C9H12N2O2. The lowest BCUT2D eigenvalue weighted by molar-refractivity contribution is -0.119. The minimum atomic E-state index is 0.0148. The van der Waals surface area contributed by atoms with E-state index in [0.717, 1.165) is 0 Å². The van der Waals surface area contributed by atoms with Gasteiger partial charge in [-0.3, -0.25) is 9.48 Å². The maximum atomic E-state index is 10.6. The van der Waals surface area contributed by atoms with Crippen LogP contribution in [0, 0.1) is 0 Å². The molecule has 1 heterocycles. The lowest BCUT2D eigenvalue weighted by Gasteiger charge is -1.98. The molecule has 0 N–H and O–H groups in total. The van der Waals surface area contributed by atoms with E-state index in [1.54, 1.807) is 6.07 Å². The minimum Gasteiger partial charge on any atom is -0.469 e. The van der Waals surface area contributed by atoms with E-state index in [1.807, 2.05) is 10.9 Å². The summed E-state index contributed by atoms with van der Waals surface area (Å²) in [6.45, 7) is 1.61. The second-order valence-corrected chi connectivity index (χ2v) is 3.36. The Hall–Kier alpha value is -1.32. The maximum absolute atomic E-state index is 10.6. The van der Waals surface area contributed by atoms with E-state index in [9.17, 15) is 4.79 Å². The van der Waals surface area contributed by atoms with Crippen LogP contribution in [0.15, 0.2) is 12.3 Å². The Morgan fingerprint density at radius 1 is 1.77 bits per heavy atom. The van der Waals surface area contributed by atoms with Gasteiger partial charge in [-0.25, -0.2) is 0 Å². The first-order valence-corrected chi connectivity index (χ1v) is 4.43. The van der Waals surface area contributed by atoms with Crippen molar-refractivity contribution in [3.8, 4) is 5.88 Å². The molecule has 0 amide bonds. The van der Waals surface area contributed by atoms with Crippen molar-refractivity contribution in [2.75, 3.05) is 6.61 Å². The Morgan fingerprint density at radius 2 is 2.54 bits per heavy atom. The number of Topliss-reactive ketones (excluding diaryl/α,β-unsaturated/α-hetero) is 1. The second kappa shape index (κ2) is 3.20. The highest BCUT2D eigenvalue weighted by atomic mass is 16.5. The molecule has 0 spiro atoms. The van der Waals surface area contributed by atoms with Crippen LogP contribution in [-0.2, 0) is 4.79 Å². The Morgan fingerprint density at radius 3 is 3.15 bits per heavy atom. The van der Waals surface area contributed by atoms with Crippen LogP contribution in [0.5, 0.6) is 5.88 Å². The van der Waals surface area contributed by atoms with E-state index in [0.29, 0.717) is 11.9 Å². The molecule has 0 aliphatic heterocycles. The van der Waals surface area contributed by atoms with Gasteiger partial charge in [-0.15, -0.1) is 5.10 Å². The number of ether oxygens (including phenoxy) is 1. The molecule has 0 aromatic carbocycles. The third-order valence-electron chi connectivity index (χ3n) is 1.93.